The van der Waals surface area contributed by atoms with Crippen molar-refractivity contribution in [2.24, 2.45) is 0 Å². The predicted octanol–water partition coefficient (Wildman–Crippen LogP) is 4.83. The van der Waals surface area contributed by atoms with Crippen molar-refractivity contribution >= 4 is 47.0 Å². The number of thiophene rings is 1. The molecular formula is C22H20N6OS2. The van der Waals surface area contributed by atoms with Crippen molar-refractivity contribution < 1.29 is 4.79 Å². The van der Waals surface area contributed by atoms with E-state index in [1.807, 2.05) is 66.1 Å². The van der Waals surface area contributed by atoms with Gasteiger partial charge in [-0.1, -0.05) is 36.0 Å². The molecule has 2 N–H and O–H groups in total. The van der Waals surface area contributed by atoms with Crippen LogP contribution in [0.5, 0.6) is 0 Å². The molecule has 3 aromatic heterocycles. The van der Waals surface area contributed by atoms with Crippen molar-refractivity contribution in [1.29, 1.82) is 0 Å². The summed E-state index contributed by atoms with van der Waals surface area (Å²) in [6.45, 7) is 0. The second-order valence-corrected chi connectivity index (χ2v) is 9.09. The molecule has 1 amide bonds. The molecule has 1 aromatic carbocycles. The van der Waals surface area contributed by atoms with Crippen molar-refractivity contribution in [2.45, 2.75) is 23.9 Å². The molecule has 156 valence electrons. The third-order valence-corrected chi connectivity index (χ3v) is 6.44. The Bertz CT molecular complexity index is 1190. The van der Waals surface area contributed by atoms with E-state index in [2.05, 4.69) is 20.5 Å². The Balaban J connectivity index is 1.22. The van der Waals surface area contributed by atoms with Crippen LogP contribution < -0.4 is 5.32 Å². The lowest BCUT2D eigenvalue weighted by Crippen LogP contribution is -2.17. The first kappa shape index (κ1) is 19.8. The third-order valence-electron chi connectivity index (χ3n) is 4.76. The summed E-state index contributed by atoms with van der Waals surface area (Å²) in [7, 11) is 0. The highest BCUT2D eigenvalue weighted by Gasteiger charge is 2.28. The largest absolute Gasteiger partial charge is 0.310 e. The summed E-state index contributed by atoms with van der Waals surface area (Å²) in [5, 5.41) is 17.3. The fraction of sp³-hybridized carbons (Fsp3) is 0.182. The summed E-state index contributed by atoms with van der Waals surface area (Å²) in [6, 6.07) is 15.9. The van der Waals surface area contributed by atoms with Crippen LogP contribution in [0.25, 0.3) is 17.8 Å². The minimum absolute atomic E-state index is 0.120. The Morgan fingerprint density at radius 1 is 1.23 bits per heavy atom. The molecule has 7 nitrogen and oxygen atoms in total. The van der Waals surface area contributed by atoms with E-state index in [1.165, 1.54) is 11.8 Å². The van der Waals surface area contributed by atoms with E-state index in [4.69, 9.17) is 5.10 Å². The number of aromatic amines is 1. The van der Waals surface area contributed by atoms with Gasteiger partial charge < -0.3 is 5.32 Å². The molecule has 0 unspecified atom stereocenters. The first-order valence-electron chi connectivity index (χ1n) is 9.96. The quantitative estimate of drug-likeness (QED) is 0.377. The van der Waals surface area contributed by atoms with Crippen LogP contribution in [0.2, 0.25) is 0 Å². The number of amides is 1. The molecule has 0 aliphatic heterocycles. The fourth-order valence-electron chi connectivity index (χ4n) is 3.09. The molecule has 5 rings (SSSR count). The van der Waals surface area contributed by atoms with Crippen LogP contribution in [-0.4, -0.2) is 36.6 Å². The van der Waals surface area contributed by atoms with Gasteiger partial charge in [0, 0.05) is 16.9 Å². The fourth-order valence-corrected chi connectivity index (χ4v) is 4.31. The van der Waals surface area contributed by atoms with Gasteiger partial charge in [0.15, 0.2) is 0 Å². The molecule has 4 aromatic rings. The zero-order valence-corrected chi connectivity index (χ0v) is 18.2. The van der Waals surface area contributed by atoms with Gasteiger partial charge in [-0.15, -0.1) is 16.4 Å². The summed E-state index contributed by atoms with van der Waals surface area (Å²) in [6.07, 6.45) is 6.17. The van der Waals surface area contributed by atoms with Crippen LogP contribution >= 0.6 is 23.1 Å². The van der Waals surface area contributed by atoms with E-state index in [-0.39, 0.29) is 11.7 Å². The molecule has 3 heterocycles. The van der Waals surface area contributed by atoms with Gasteiger partial charge in [-0.05, 0) is 48.6 Å². The minimum Gasteiger partial charge on any atom is -0.310 e. The highest BCUT2D eigenvalue weighted by Crippen LogP contribution is 2.40. The standard InChI is InChI=1S/C22H20N6OS2/c29-21(14-31-22-23-19(25-26-22)11-10-17-7-4-12-30-17)24-20-13-18(15-8-9-15)27-28(20)16-5-2-1-3-6-16/h1-7,10-13,15H,8-9,14H2,(H,24,29)(H,23,25,26)/b11-10+. The van der Waals surface area contributed by atoms with Gasteiger partial charge in [-0.2, -0.15) is 5.10 Å². The highest BCUT2D eigenvalue weighted by atomic mass is 32.2. The Morgan fingerprint density at radius 3 is 2.87 bits per heavy atom. The van der Waals surface area contributed by atoms with Gasteiger partial charge in [-0.3, -0.25) is 9.89 Å². The van der Waals surface area contributed by atoms with Crippen LogP contribution in [0.3, 0.4) is 0 Å². The molecular weight excluding hydrogens is 428 g/mol. The molecule has 1 saturated carbocycles. The maximum Gasteiger partial charge on any atom is 0.236 e. The number of carbonyl (C=O) groups is 1. The number of nitrogens with one attached hydrogen (secondary N) is 2. The van der Waals surface area contributed by atoms with Crippen molar-refractivity contribution in [2.75, 3.05) is 11.1 Å². The number of anilines is 1. The number of hydrogen-bond donors (Lipinski definition) is 2. The lowest BCUT2D eigenvalue weighted by molar-refractivity contribution is -0.113. The second kappa shape index (κ2) is 8.91. The molecule has 0 spiro atoms. The normalized spacial score (nSPS) is 13.7. The number of nitrogens with zero attached hydrogens (tertiary/aromatic N) is 4. The highest BCUT2D eigenvalue weighted by molar-refractivity contribution is 7.99. The number of hydrogen-bond acceptors (Lipinski definition) is 6. The zero-order chi connectivity index (χ0) is 21.0. The Labute approximate surface area is 187 Å². The maximum absolute atomic E-state index is 12.6. The molecule has 9 heteroatoms. The first-order chi connectivity index (χ1) is 15.2. The maximum atomic E-state index is 12.6. The summed E-state index contributed by atoms with van der Waals surface area (Å²) in [5.41, 5.74) is 1.96. The van der Waals surface area contributed by atoms with Crippen molar-refractivity contribution in [3.05, 3.63) is 70.3 Å². The SMILES string of the molecule is O=C(CSc1n[nH]c(/C=C/c2cccs2)n1)Nc1cc(C2CC2)nn1-c1ccccc1. The van der Waals surface area contributed by atoms with Crippen LogP contribution in [0.15, 0.2) is 59.1 Å². The number of aromatic nitrogens is 5. The Kier molecular flexibility index (Phi) is 5.68. The topological polar surface area (TPSA) is 88.5 Å². The minimum atomic E-state index is -0.120. The smallest absolute Gasteiger partial charge is 0.236 e. The number of H-pyrrole nitrogens is 1. The van der Waals surface area contributed by atoms with Crippen LogP contribution in [0, 0.1) is 0 Å². The van der Waals surface area contributed by atoms with Gasteiger partial charge >= 0.3 is 0 Å². The van der Waals surface area contributed by atoms with Crippen LogP contribution in [0.4, 0.5) is 5.82 Å². The number of rotatable bonds is 8. The van der Waals surface area contributed by atoms with Gasteiger partial charge in [0.05, 0.1) is 17.1 Å². The average molecular weight is 449 g/mol. The Morgan fingerprint density at radius 2 is 2.10 bits per heavy atom. The molecule has 1 aliphatic rings. The van der Waals surface area contributed by atoms with Gasteiger partial charge in [0.2, 0.25) is 11.1 Å². The number of carbonyl (C=O) groups excluding carboxylic acids is 1. The number of para-hydroxylation sites is 1. The van der Waals surface area contributed by atoms with Crippen molar-refractivity contribution in [1.82, 2.24) is 25.0 Å². The van der Waals surface area contributed by atoms with E-state index in [9.17, 15) is 4.79 Å². The zero-order valence-electron chi connectivity index (χ0n) is 16.6. The summed E-state index contributed by atoms with van der Waals surface area (Å²) >= 11 is 2.95. The summed E-state index contributed by atoms with van der Waals surface area (Å²) < 4.78 is 1.80. The first-order valence-corrected chi connectivity index (χ1v) is 11.8. The Hall–Kier alpha value is -3.17. The molecule has 0 bridgehead atoms. The molecule has 31 heavy (non-hydrogen) atoms. The average Bonchev–Trinajstić information content (AvgIpc) is 3.18. The third kappa shape index (κ3) is 4.95. The van der Waals surface area contributed by atoms with Crippen molar-refractivity contribution in [3.63, 3.8) is 0 Å². The molecule has 0 saturated heterocycles. The number of benzene rings is 1. The van der Waals surface area contributed by atoms with Gasteiger partial charge in [-0.25, -0.2) is 9.67 Å². The molecule has 1 fully saturated rings. The molecule has 0 atom stereocenters. The molecule has 0 radical (unpaired) electrons. The summed E-state index contributed by atoms with van der Waals surface area (Å²) in [5.74, 6) is 1.94. The monoisotopic (exact) mass is 448 g/mol. The molecule has 1 aliphatic carbocycles. The van der Waals surface area contributed by atoms with E-state index in [1.54, 1.807) is 16.0 Å². The lowest BCUT2D eigenvalue weighted by Gasteiger charge is -2.08. The van der Waals surface area contributed by atoms with Crippen LogP contribution in [0.1, 0.15) is 35.2 Å². The lowest BCUT2D eigenvalue weighted by atomic mass is 10.3. The predicted molar refractivity (Wildman–Crippen MR) is 125 cm³/mol. The van der Waals surface area contributed by atoms with Gasteiger partial charge in [0.25, 0.3) is 0 Å². The van der Waals surface area contributed by atoms with Crippen molar-refractivity contribution in [3.8, 4) is 5.69 Å². The van der Waals surface area contributed by atoms with E-state index in [0.717, 1.165) is 29.1 Å². The number of thioether (sulfide) groups is 1. The second-order valence-electron chi connectivity index (χ2n) is 7.16. The van der Waals surface area contributed by atoms with Gasteiger partial charge in [0.1, 0.15) is 11.6 Å². The van der Waals surface area contributed by atoms with E-state index < -0.39 is 0 Å². The summed E-state index contributed by atoms with van der Waals surface area (Å²) in [4.78, 5) is 18.2. The van der Waals surface area contributed by atoms with Crippen LogP contribution in [-0.2, 0) is 4.79 Å². The van der Waals surface area contributed by atoms with E-state index in [0.29, 0.717) is 22.7 Å². The van der Waals surface area contributed by atoms with E-state index >= 15 is 0 Å².